The molecule has 0 radical (unpaired) electrons. The fourth-order valence-electron chi connectivity index (χ4n) is 5.31. The number of aliphatic hydroxyl groups excluding tert-OH is 2. The van der Waals surface area contributed by atoms with Crippen LogP contribution in [0.15, 0.2) is 79.0 Å². The predicted molar refractivity (Wildman–Crippen MR) is 158 cm³/mol. The topological polar surface area (TPSA) is 97.8 Å². The number of rotatable bonds is 10. The zero-order valence-electron chi connectivity index (χ0n) is 22.3. The van der Waals surface area contributed by atoms with Crippen LogP contribution >= 0.6 is 11.6 Å². The molecular weight excluding hydrogens is 526 g/mol. The number of fused-ring (bicyclic) bond motifs is 1. The predicted octanol–water partition coefficient (Wildman–Crippen LogP) is 4.82. The summed E-state index contributed by atoms with van der Waals surface area (Å²) < 4.78 is 0. The molecule has 40 heavy (non-hydrogen) atoms. The van der Waals surface area contributed by atoms with Crippen LogP contribution in [0.1, 0.15) is 29.2 Å². The molecule has 1 amide bonds. The fourth-order valence-corrected chi connectivity index (χ4v) is 5.43. The first-order valence-electron chi connectivity index (χ1n) is 13.5. The van der Waals surface area contributed by atoms with Crippen molar-refractivity contribution >= 4 is 40.6 Å². The minimum Gasteiger partial charge on any atom is -0.396 e. The van der Waals surface area contributed by atoms with E-state index in [1.807, 2.05) is 85.1 Å². The molecule has 1 saturated heterocycles. The Morgan fingerprint density at radius 1 is 1.10 bits per heavy atom. The number of para-hydroxylation sites is 1. The van der Waals surface area contributed by atoms with Gasteiger partial charge >= 0.3 is 0 Å². The molecule has 4 aromatic rings. The third-order valence-corrected chi connectivity index (χ3v) is 7.60. The van der Waals surface area contributed by atoms with Gasteiger partial charge in [0.25, 0.3) is 0 Å². The molecule has 5 rings (SSSR count). The number of halogens is 1. The summed E-state index contributed by atoms with van der Waals surface area (Å²) in [6.07, 6.45) is 5.11. The molecule has 0 saturated carbocycles. The van der Waals surface area contributed by atoms with Crippen LogP contribution in [0.5, 0.6) is 0 Å². The highest BCUT2D eigenvalue weighted by atomic mass is 35.5. The van der Waals surface area contributed by atoms with E-state index in [1.54, 1.807) is 12.0 Å². The molecule has 4 N–H and O–H groups in total. The molecule has 0 spiro atoms. The number of aromatic amines is 1. The first kappa shape index (κ1) is 28.1. The number of hydrogen-bond donors (Lipinski definition) is 4. The first-order valence-corrected chi connectivity index (χ1v) is 13.9. The van der Waals surface area contributed by atoms with Crippen LogP contribution in [0, 0.1) is 5.92 Å². The van der Waals surface area contributed by atoms with Crippen LogP contribution in [0.2, 0.25) is 5.02 Å². The molecule has 1 aliphatic heterocycles. The maximum atomic E-state index is 13.5. The highest BCUT2D eigenvalue weighted by Crippen LogP contribution is 2.31. The van der Waals surface area contributed by atoms with Gasteiger partial charge in [-0.15, -0.1) is 0 Å². The lowest BCUT2D eigenvalue weighted by Crippen LogP contribution is -2.48. The Morgan fingerprint density at radius 2 is 1.88 bits per heavy atom. The van der Waals surface area contributed by atoms with Crippen molar-refractivity contribution in [1.82, 2.24) is 15.4 Å². The highest BCUT2D eigenvalue weighted by molar-refractivity contribution is 6.30. The minimum atomic E-state index is -0.850. The molecule has 0 unspecified atom stereocenters. The van der Waals surface area contributed by atoms with Gasteiger partial charge in [0.1, 0.15) is 12.1 Å². The molecular formula is C32H34ClN3O4. The minimum absolute atomic E-state index is 0.235. The van der Waals surface area contributed by atoms with Crippen LogP contribution in [0.3, 0.4) is 0 Å². The summed E-state index contributed by atoms with van der Waals surface area (Å²) >= 11 is 5.99. The first-order chi connectivity index (χ1) is 19.4. The molecule has 7 nitrogen and oxygen atoms in total. The summed E-state index contributed by atoms with van der Waals surface area (Å²) in [6, 6.07) is 22.9. The number of hydrogen-bond acceptors (Lipinski definition) is 5. The number of nitrogens with one attached hydrogen (secondary N) is 2. The van der Waals surface area contributed by atoms with E-state index in [0.717, 1.165) is 33.2 Å². The monoisotopic (exact) mass is 559 g/mol. The third-order valence-electron chi connectivity index (χ3n) is 7.35. The average Bonchev–Trinajstić information content (AvgIpc) is 3.54. The van der Waals surface area contributed by atoms with Gasteiger partial charge in [-0.05, 0) is 53.8 Å². The maximum Gasteiger partial charge on any atom is 0.240 e. The Hall–Kier alpha value is -3.46. The van der Waals surface area contributed by atoms with Gasteiger partial charge in [0.15, 0.2) is 0 Å². The molecule has 1 fully saturated rings. The quantitative estimate of drug-likeness (QED) is 0.209. The second-order valence-electron chi connectivity index (χ2n) is 10.2. The highest BCUT2D eigenvalue weighted by Gasteiger charge is 2.48. The number of amides is 1. The Balaban J connectivity index is 1.28. The van der Waals surface area contributed by atoms with Gasteiger partial charge in [-0.1, -0.05) is 78.4 Å². The second-order valence-corrected chi connectivity index (χ2v) is 10.6. The van der Waals surface area contributed by atoms with Crippen molar-refractivity contribution < 1.29 is 19.8 Å². The van der Waals surface area contributed by atoms with E-state index < -0.39 is 24.2 Å². The third kappa shape index (κ3) is 6.46. The van der Waals surface area contributed by atoms with Gasteiger partial charge in [0.05, 0.1) is 19.3 Å². The molecule has 208 valence electrons. The number of H-pyrrole nitrogens is 1. The van der Waals surface area contributed by atoms with Gasteiger partial charge in [-0.3, -0.25) is 9.63 Å². The van der Waals surface area contributed by atoms with Crippen LogP contribution < -0.4 is 5.32 Å². The average molecular weight is 560 g/mol. The van der Waals surface area contributed by atoms with Crippen molar-refractivity contribution in [2.75, 3.05) is 13.2 Å². The molecule has 0 bridgehead atoms. The smallest absolute Gasteiger partial charge is 0.240 e. The fraction of sp³-hybridized carbons (Fsp3) is 0.281. The second kappa shape index (κ2) is 12.8. The number of carbonyl (C=O) groups is 1. The van der Waals surface area contributed by atoms with Crippen LogP contribution in [-0.2, 0) is 22.6 Å². The normalized spacial score (nSPS) is 20.4. The molecule has 2 heterocycles. The van der Waals surface area contributed by atoms with E-state index in [1.165, 1.54) is 0 Å². The van der Waals surface area contributed by atoms with E-state index >= 15 is 0 Å². The van der Waals surface area contributed by atoms with Crippen molar-refractivity contribution in [1.29, 1.82) is 0 Å². The molecule has 1 aromatic heterocycles. The molecule has 4 atom stereocenters. The lowest BCUT2D eigenvalue weighted by atomic mass is 9.92. The lowest BCUT2D eigenvalue weighted by Gasteiger charge is -2.24. The van der Waals surface area contributed by atoms with Gasteiger partial charge in [-0.25, -0.2) is 0 Å². The lowest BCUT2D eigenvalue weighted by molar-refractivity contribution is -0.192. The van der Waals surface area contributed by atoms with Crippen molar-refractivity contribution in [3.63, 3.8) is 0 Å². The number of nitrogens with zero attached hydrogens (tertiary/aromatic N) is 1. The van der Waals surface area contributed by atoms with E-state index in [0.29, 0.717) is 24.5 Å². The van der Waals surface area contributed by atoms with Gasteiger partial charge in [0, 0.05) is 34.6 Å². The Kier molecular flexibility index (Phi) is 8.99. The molecule has 0 aliphatic carbocycles. The number of hydroxylamine groups is 2. The molecule has 3 aromatic carbocycles. The Labute approximate surface area is 239 Å². The van der Waals surface area contributed by atoms with Crippen LogP contribution in [-0.4, -0.2) is 57.6 Å². The Bertz CT molecular complexity index is 1470. The summed E-state index contributed by atoms with van der Waals surface area (Å²) in [5.41, 5.74) is 5.16. The van der Waals surface area contributed by atoms with Crippen molar-refractivity contribution in [2.45, 2.75) is 38.1 Å². The van der Waals surface area contributed by atoms with E-state index in [2.05, 4.69) is 16.4 Å². The molecule has 8 heteroatoms. The van der Waals surface area contributed by atoms with Crippen molar-refractivity contribution in [2.24, 2.45) is 5.92 Å². The number of aliphatic hydroxyl groups is 2. The maximum absolute atomic E-state index is 13.5. The van der Waals surface area contributed by atoms with Crippen molar-refractivity contribution in [3.05, 3.63) is 106 Å². The zero-order valence-corrected chi connectivity index (χ0v) is 23.1. The van der Waals surface area contributed by atoms with E-state index in [4.69, 9.17) is 16.4 Å². The van der Waals surface area contributed by atoms with Crippen LogP contribution in [0.25, 0.3) is 23.1 Å². The van der Waals surface area contributed by atoms with E-state index in [9.17, 15) is 15.0 Å². The Morgan fingerprint density at radius 3 is 2.65 bits per heavy atom. The number of benzene rings is 3. The number of carbonyl (C=O) groups excluding carboxylic acids is 1. The number of aromatic nitrogens is 1. The van der Waals surface area contributed by atoms with Gasteiger partial charge in [0.2, 0.25) is 5.91 Å². The van der Waals surface area contributed by atoms with Gasteiger partial charge in [-0.2, -0.15) is 5.06 Å². The summed E-state index contributed by atoms with van der Waals surface area (Å²) in [7, 11) is 0. The summed E-state index contributed by atoms with van der Waals surface area (Å²) in [5, 5.41) is 27.0. The SMILES string of the molecule is C[C@@H](O)[C@H]1ON(Cc2cccc(/C=C/c3ccc(Cl)cc3)c2)[C@@H](C(=O)NCCc2c[nH]c3ccccc23)[C@H]1CO. The summed E-state index contributed by atoms with van der Waals surface area (Å²) in [4.78, 5) is 22.8. The molecule has 1 aliphatic rings. The van der Waals surface area contributed by atoms with E-state index in [-0.39, 0.29) is 12.5 Å². The van der Waals surface area contributed by atoms with Gasteiger partial charge < -0.3 is 20.5 Å². The summed E-state index contributed by atoms with van der Waals surface area (Å²) in [6.45, 7) is 2.10. The van der Waals surface area contributed by atoms with Crippen molar-refractivity contribution in [3.8, 4) is 0 Å². The standard InChI is InChI=1S/C32H34ClN3O4/c1-21(38)31-28(20-37)30(32(39)34-16-15-25-18-35-29-8-3-2-7-27(25)29)36(40-31)19-24-6-4-5-23(17-24)10-9-22-11-13-26(33)14-12-22/h2-14,17-18,21,28,30-31,35,37-38H,15-16,19-20H2,1H3,(H,34,39)/b10-9+/t21-,28-,30-,31-/m1/s1. The largest absolute Gasteiger partial charge is 0.396 e. The zero-order chi connectivity index (χ0) is 28.1. The summed E-state index contributed by atoms with van der Waals surface area (Å²) in [5.74, 6) is -0.804. The van der Waals surface area contributed by atoms with Crippen LogP contribution in [0.4, 0.5) is 0 Å².